The Morgan fingerprint density at radius 2 is 1.76 bits per heavy atom. The molecule has 1 saturated heterocycles. The lowest BCUT2D eigenvalue weighted by atomic mass is 9.90. The first-order chi connectivity index (χ1) is 9.84. The quantitative estimate of drug-likeness (QED) is 0.929. The van der Waals surface area contributed by atoms with Crippen LogP contribution in [-0.4, -0.2) is 35.6 Å². The molecule has 0 atom stereocenters. The fraction of sp³-hybridized carbons (Fsp3) is 0.533. The zero-order valence-electron chi connectivity index (χ0n) is 11.6. The summed E-state index contributed by atoms with van der Waals surface area (Å²) in [5.74, 6) is -0.414. The van der Waals surface area contributed by atoms with E-state index in [9.17, 15) is 18.0 Å². The fourth-order valence-corrected chi connectivity index (χ4v) is 2.70. The van der Waals surface area contributed by atoms with Gasteiger partial charge in [-0.3, -0.25) is 9.69 Å². The van der Waals surface area contributed by atoms with Crippen molar-refractivity contribution >= 4 is 5.97 Å². The SMILES string of the molecule is O=C(O)CN1CCC(Cc2ccc(C(F)(F)F)cc2)CC1. The molecule has 0 aromatic heterocycles. The van der Waals surface area contributed by atoms with Gasteiger partial charge in [-0.25, -0.2) is 0 Å². The van der Waals surface area contributed by atoms with E-state index < -0.39 is 17.7 Å². The lowest BCUT2D eigenvalue weighted by Gasteiger charge is -2.30. The summed E-state index contributed by atoms with van der Waals surface area (Å²) in [5, 5.41) is 8.72. The second kappa shape index (κ2) is 6.47. The average molecular weight is 301 g/mol. The number of piperidine rings is 1. The minimum absolute atomic E-state index is 0.0625. The fourth-order valence-electron chi connectivity index (χ4n) is 2.70. The molecular weight excluding hydrogens is 283 g/mol. The minimum Gasteiger partial charge on any atom is -0.480 e. The van der Waals surface area contributed by atoms with E-state index in [1.807, 2.05) is 4.90 Å². The van der Waals surface area contributed by atoms with E-state index in [-0.39, 0.29) is 6.54 Å². The van der Waals surface area contributed by atoms with Crippen LogP contribution >= 0.6 is 0 Å². The van der Waals surface area contributed by atoms with Crippen LogP contribution in [-0.2, 0) is 17.4 Å². The van der Waals surface area contributed by atoms with Crippen molar-refractivity contribution in [2.45, 2.75) is 25.4 Å². The third-order valence-electron chi connectivity index (χ3n) is 3.87. The second-order valence-corrected chi connectivity index (χ2v) is 5.51. The third-order valence-corrected chi connectivity index (χ3v) is 3.87. The number of rotatable bonds is 4. The molecule has 0 unspecified atom stereocenters. The minimum atomic E-state index is -4.29. The van der Waals surface area contributed by atoms with E-state index >= 15 is 0 Å². The van der Waals surface area contributed by atoms with Gasteiger partial charge in [-0.15, -0.1) is 0 Å². The van der Waals surface area contributed by atoms with Gasteiger partial charge < -0.3 is 5.11 Å². The number of alkyl halides is 3. The van der Waals surface area contributed by atoms with Gasteiger partial charge in [-0.05, 0) is 56.0 Å². The summed E-state index contributed by atoms with van der Waals surface area (Å²) in [6, 6.07) is 5.31. The molecule has 0 bridgehead atoms. The molecule has 21 heavy (non-hydrogen) atoms. The van der Waals surface area contributed by atoms with Crippen molar-refractivity contribution in [1.29, 1.82) is 0 Å². The molecule has 1 aliphatic rings. The number of nitrogens with zero attached hydrogens (tertiary/aromatic N) is 1. The largest absolute Gasteiger partial charge is 0.480 e. The summed E-state index contributed by atoms with van der Waals surface area (Å²) in [5.41, 5.74) is 0.280. The van der Waals surface area contributed by atoms with E-state index in [2.05, 4.69) is 0 Å². The molecule has 6 heteroatoms. The molecule has 0 radical (unpaired) electrons. The van der Waals surface area contributed by atoms with Crippen LogP contribution in [0.1, 0.15) is 24.0 Å². The zero-order chi connectivity index (χ0) is 15.5. The topological polar surface area (TPSA) is 40.5 Å². The highest BCUT2D eigenvalue weighted by Crippen LogP contribution is 2.30. The lowest BCUT2D eigenvalue weighted by molar-refractivity contribution is -0.139. The molecule has 0 amide bonds. The van der Waals surface area contributed by atoms with E-state index in [4.69, 9.17) is 5.11 Å². The van der Waals surface area contributed by atoms with Crippen LogP contribution in [0.25, 0.3) is 0 Å². The standard InChI is InChI=1S/C15H18F3NO2/c16-15(17,18)13-3-1-11(2-4-13)9-12-5-7-19(8-6-12)10-14(20)21/h1-4,12H,5-10H2,(H,20,21). The van der Waals surface area contributed by atoms with E-state index in [0.29, 0.717) is 5.92 Å². The van der Waals surface area contributed by atoms with E-state index in [1.165, 1.54) is 12.1 Å². The van der Waals surface area contributed by atoms with Crippen molar-refractivity contribution < 1.29 is 23.1 Å². The average Bonchev–Trinajstić information content (AvgIpc) is 2.40. The second-order valence-electron chi connectivity index (χ2n) is 5.51. The Morgan fingerprint density at radius 3 is 2.24 bits per heavy atom. The molecule has 1 heterocycles. The maximum absolute atomic E-state index is 12.5. The Bertz CT molecular complexity index is 477. The molecule has 1 aromatic rings. The smallest absolute Gasteiger partial charge is 0.416 e. The highest BCUT2D eigenvalue weighted by molar-refractivity contribution is 5.69. The number of likely N-dealkylation sites (tertiary alicyclic amines) is 1. The maximum Gasteiger partial charge on any atom is 0.416 e. The predicted molar refractivity (Wildman–Crippen MR) is 71.9 cm³/mol. The van der Waals surface area contributed by atoms with Gasteiger partial charge in [0.05, 0.1) is 12.1 Å². The van der Waals surface area contributed by atoms with Gasteiger partial charge >= 0.3 is 12.1 Å². The Balaban J connectivity index is 1.85. The summed E-state index contributed by atoms with van der Waals surface area (Å²) < 4.78 is 37.4. The summed E-state index contributed by atoms with van der Waals surface area (Å²) in [6.07, 6.45) is -1.78. The summed E-state index contributed by atoms with van der Waals surface area (Å²) >= 11 is 0. The lowest BCUT2D eigenvalue weighted by Crippen LogP contribution is -2.37. The summed E-state index contributed by atoms with van der Waals surface area (Å²) in [7, 11) is 0. The van der Waals surface area contributed by atoms with Crippen LogP contribution in [0.2, 0.25) is 0 Å². The number of hydrogen-bond donors (Lipinski definition) is 1. The van der Waals surface area contributed by atoms with Gasteiger partial charge in [-0.2, -0.15) is 13.2 Å². The molecule has 1 fully saturated rings. The predicted octanol–water partition coefficient (Wildman–Crippen LogP) is 3.04. The van der Waals surface area contributed by atoms with Crippen LogP contribution in [0.5, 0.6) is 0 Å². The van der Waals surface area contributed by atoms with Crippen molar-refractivity contribution in [1.82, 2.24) is 4.90 Å². The van der Waals surface area contributed by atoms with Gasteiger partial charge in [0.1, 0.15) is 0 Å². The molecule has 1 N–H and O–H groups in total. The van der Waals surface area contributed by atoms with Crippen molar-refractivity contribution in [3.05, 3.63) is 35.4 Å². The summed E-state index contributed by atoms with van der Waals surface area (Å²) in [6.45, 7) is 1.53. The molecule has 1 aromatic carbocycles. The number of hydrogen-bond acceptors (Lipinski definition) is 2. The van der Waals surface area contributed by atoms with Gasteiger partial charge in [0.2, 0.25) is 0 Å². The van der Waals surface area contributed by atoms with Crippen molar-refractivity contribution in [3.63, 3.8) is 0 Å². The van der Waals surface area contributed by atoms with Crippen LogP contribution in [0, 0.1) is 5.92 Å². The van der Waals surface area contributed by atoms with Crippen LogP contribution in [0.3, 0.4) is 0 Å². The van der Waals surface area contributed by atoms with Crippen LogP contribution in [0.15, 0.2) is 24.3 Å². The number of aliphatic carboxylic acids is 1. The van der Waals surface area contributed by atoms with Crippen LogP contribution < -0.4 is 0 Å². The number of carboxylic acids is 1. The molecule has 0 spiro atoms. The van der Waals surface area contributed by atoms with Gasteiger partial charge in [0.15, 0.2) is 0 Å². The Morgan fingerprint density at radius 1 is 1.19 bits per heavy atom. The summed E-state index contributed by atoms with van der Waals surface area (Å²) in [4.78, 5) is 12.5. The number of benzene rings is 1. The zero-order valence-corrected chi connectivity index (χ0v) is 11.6. The number of carboxylic acid groups (broad SMARTS) is 1. The van der Waals surface area contributed by atoms with Crippen molar-refractivity contribution in [3.8, 4) is 0 Å². The molecule has 1 aliphatic heterocycles. The highest BCUT2D eigenvalue weighted by Gasteiger charge is 2.30. The number of carbonyl (C=O) groups is 1. The molecule has 3 nitrogen and oxygen atoms in total. The Hall–Kier alpha value is -1.56. The van der Waals surface area contributed by atoms with Gasteiger partial charge in [-0.1, -0.05) is 12.1 Å². The molecule has 0 saturated carbocycles. The van der Waals surface area contributed by atoms with E-state index in [0.717, 1.165) is 50.0 Å². The normalized spacial score (nSPS) is 17.9. The third kappa shape index (κ3) is 4.74. The first-order valence-electron chi connectivity index (χ1n) is 6.95. The monoisotopic (exact) mass is 301 g/mol. The Kier molecular flexibility index (Phi) is 4.88. The first-order valence-corrected chi connectivity index (χ1v) is 6.95. The van der Waals surface area contributed by atoms with Crippen molar-refractivity contribution in [2.24, 2.45) is 5.92 Å². The molecule has 2 rings (SSSR count). The Labute approximate surface area is 121 Å². The molecule has 116 valence electrons. The molecular formula is C15H18F3NO2. The van der Waals surface area contributed by atoms with Gasteiger partial charge in [0, 0.05) is 0 Å². The van der Waals surface area contributed by atoms with Crippen molar-refractivity contribution in [2.75, 3.05) is 19.6 Å². The first kappa shape index (κ1) is 15.8. The van der Waals surface area contributed by atoms with Crippen LogP contribution in [0.4, 0.5) is 13.2 Å². The molecule has 0 aliphatic carbocycles. The number of halogens is 3. The van der Waals surface area contributed by atoms with E-state index in [1.54, 1.807) is 0 Å². The highest BCUT2D eigenvalue weighted by atomic mass is 19.4. The van der Waals surface area contributed by atoms with Gasteiger partial charge in [0.25, 0.3) is 0 Å². The maximum atomic E-state index is 12.5.